The molecule has 0 atom stereocenters. The van der Waals surface area contributed by atoms with Gasteiger partial charge in [-0.3, -0.25) is 0 Å². The van der Waals surface area contributed by atoms with Crippen LogP contribution in [0.2, 0.25) is 0 Å². The van der Waals surface area contributed by atoms with E-state index in [1.165, 1.54) is 13.2 Å². The van der Waals surface area contributed by atoms with Gasteiger partial charge in [0.1, 0.15) is 0 Å². The van der Waals surface area contributed by atoms with Crippen LogP contribution in [0.25, 0.3) is 0 Å². The Kier molecular flexibility index (Phi) is 4.71. The molecule has 0 aromatic heterocycles. The third kappa shape index (κ3) is 3.04. The highest BCUT2D eigenvalue weighted by Gasteiger charge is 2.27. The van der Waals surface area contributed by atoms with Crippen molar-refractivity contribution in [3.8, 4) is 5.75 Å². The van der Waals surface area contributed by atoms with Gasteiger partial charge in [0.15, 0.2) is 17.9 Å². The molecule has 3 nitrogen and oxygen atoms in total. The van der Waals surface area contributed by atoms with E-state index in [2.05, 4.69) is 6.92 Å². The first-order valence-corrected chi connectivity index (χ1v) is 6.42. The minimum absolute atomic E-state index is 0.154. The summed E-state index contributed by atoms with van der Waals surface area (Å²) in [6, 6.07) is 2.49. The molecular weight excluding hydrogens is 254 g/mol. The fourth-order valence-electron chi connectivity index (χ4n) is 2.24. The van der Waals surface area contributed by atoms with E-state index >= 15 is 0 Å². The predicted molar refractivity (Wildman–Crippen MR) is 66.0 cm³/mol. The summed E-state index contributed by atoms with van der Waals surface area (Å²) in [5, 5.41) is 0. The van der Waals surface area contributed by atoms with Gasteiger partial charge in [-0.05, 0) is 18.6 Å². The second kappa shape index (κ2) is 6.30. The molecule has 1 aliphatic rings. The van der Waals surface area contributed by atoms with E-state index in [1.54, 1.807) is 0 Å². The molecule has 0 saturated carbocycles. The first kappa shape index (κ1) is 14.2. The fourth-order valence-corrected chi connectivity index (χ4v) is 2.24. The molecule has 0 radical (unpaired) electrons. The highest BCUT2D eigenvalue weighted by molar-refractivity contribution is 5.36. The number of hydrogen-bond acceptors (Lipinski definition) is 3. The van der Waals surface area contributed by atoms with Crippen LogP contribution in [0.1, 0.15) is 31.6 Å². The number of hydrogen-bond donors (Lipinski definition) is 0. The van der Waals surface area contributed by atoms with Crippen molar-refractivity contribution in [2.75, 3.05) is 20.3 Å². The quantitative estimate of drug-likeness (QED) is 0.840. The molecular formula is C14H18F2O3. The Bertz CT molecular complexity index is 429. The van der Waals surface area contributed by atoms with Gasteiger partial charge < -0.3 is 14.2 Å². The summed E-state index contributed by atoms with van der Waals surface area (Å²) < 4.78 is 42.8. The molecule has 0 amide bonds. The van der Waals surface area contributed by atoms with E-state index in [-0.39, 0.29) is 5.75 Å². The van der Waals surface area contributed by atoms with Crippen LogP contribution < -0.4 is 4.74 Å². The highest BCUT2D eigenvalue weighted by atomic mass is 19.2. The van der Waals surface area contributed by atoms with Crippen molar-refractivity contribution in [1.82, 2.24) is 0 Å². The van der Waals surface area contributed by atoms with E-state index in [0.717, 1.165) is 18.9 Å². The van der Waals surface area contributed by atoms with Gasteiger partial charge in [-0.15, -0.1) is 0 Å². The lowest BCUT2D eigenvalue weighted by Gasteiger charge is -2.30. The Hall–Kier alpha value is -1.20. The van der Waals surface area contributed by atoms with Gasteiger partial charge in [-0.25, -0.2) is 4.39 Å². The Morgan fingerprint density at radius 2 is 1.95 bits per heavy atom. The number of halogens is 2. The summed E-state index contributed by atoms with van der Waals surface area (Å²) in [7, 11) is 1.30. The molecule has 0 spiro atoms. The fraction of sp³-hybridized carbons (Fsp3) is 0.571. The molecule has 1 aliphatic heterocycles. The van der Waals surface area contributed by atoms with E-state index in [0.29, 0.717) is 24.7 Å². The zero-order chi connectivity index (χ0) is 13.8. The molecule has 0 bridgehead atoms. The van der Waals surface area contributed by atoms with Gasteiger partial charge in [0.2, 0.25) is 5.82 Å². The SMILES string of the molecule is CCCC1COC(c2ccc(F)c(F)c2OC)OC1. The van der Waals surface area contributed by atoms with Gasteiger partial charge in [-0.2, -0.15) is 4.39 Å². The van der Waals surface area contributed by atoms with Crippen molar-refractivity contribution >= 4 is 0 Å². The molecule has 1 fully saturated rings. The Labute approximate surface area is 111 Å². The first-order valence-electron chi connectivity index (χ1n) is 6.42. The normalized spacial score (nSPS) is 23.4. The topological polar surface area (TPSA) is 27.7 Å². The summed E-state index contributed by atoms with van der Waals surface area (Å²) in [6.45, 7) is 3.21. The Morgan fingerprint density at radius 1 is 1.26 bits per heavy atom. The second-order valence-corrected chi connectivity index (χ2v) is 4.64. The lowest BCUT2D eigenvalue weighted by Crippen LogP contribution is -2.27. The monoisotopic (exact) mass is 272 g/mol. The molecule has 0 N–H and O–H groups in total. The summed E-state index contributed by atoms with van der Waals surface area (Å²) >= 11 is 0. The van der Waals surface area contributed by atoms with Crippen LogP contribution in [0, 0.1) is 17.6 Å². The Morgan fingerprint density at radius 3 is 2.53 bits per heavy atom. The van der Waals surface area contributed by atoms with Gasteiger partial charge >= 0.3 is 0 Å². The average molecular weight is 272 g/mol. The second-order valence-electron chi connectivity index (χ2n) is 4.64. The van der Waals surface area contributed by atoms with Gasteiger partial charge in [0.25, 0.3) is 0 Å². The van der Waals surface area contributed by atoms with Crippen LogP contribution in [0.4, 0.5) is 8.78 Å². The number of ether oxygens (including phenoxy) is 3. The maximum atomic E-state index is 13.6. The summed E-state index contributed by atoms with van der Waals surface area (Å²) in [4.78, 5) is 0. The van der Waals surface area contributed by atoms with Gasteiger partial charge in [0, 0.05) is 5.92 Å². The van der Waals surface area contributed by atoms with Crippen molar-refractivity contribution in [2.45, 2.75) is 26.1 Å². The lowest BCUT2D eigenvalue weighted by atomic mass is 10.0. The molecule has 5 heteroatoms. The average Bonchev–Trinajstić information content (AvgIpc) is 2.43. The molecule has 1 aromatic carbocycles. The Balaban J connectivity index is 2.13. The zero-order valence-electron chi connectivity index (χ0n) is 11.1. The minimum atomic E-state index is -1.01. The van der Waals surface area contributed by atoms with Crippen molar-refractivity contribution < 1.29 is 23.0 Å². The largest absolute Gasteiger partial charge is 0.493 e. The van der Waals surface area contributed by atoms with Crippen molar-refractivity contribution in [3.05, 3.63) is 29.3 Å². The predicted octanol–water partition coefficient (Wildman–Crippen LogP) is 3.44. The van der Waals surface area contributed by atoms with Crippen LogP contribution in [-0.2, 0) is 9.47 Å². The van der Waals surface area contributed by atoms with Gasteiger partial charge in [0.05, 0.1) is 25.9 Å². The van der Waals surface area contributed by atoms with Crippen LogP contribution in [-0.4, -0.2) is 20.3 Å². The van der Waals surface area contributed by atoms with Crippen LogP contribution >= 0.6 is 0 Å². The maximum absolute atomic E-state index is 13.6. The molecule has 1 heterocycles. The summed E-state index contributed by atoms with van der Waals surface area (Å²) in [5.74, 6) is -1.75. The maximum Gasteiger partial charge on any atom is 0.201 e. The summed E-state index contributed by atoms with van der Waals surface area (Å²) in [6.07, 6.45) is 1.40. The van der Waals surface area contributed by atoms with E-state index in [4.69, 9.17) is 14.2 Å². The lowest BCUT2D eigenvalue weighted by molar-refractivity contribution is -0.206. The number of rotatable bonds is 4. The highest BCUT2D eigenvalue weighted by Crippen LogP contribution is 2.35. The molecule has 1 saturated heterocycles. The molecule has 2 rings (SSSR count). The van der Waals surface area contributed by atoms with Crippen LogP contribution in [0.5, 0.6) is 5.75 Å². The standard InChI is InChI=1S/C14H18F2O3/c1-3-4-9-7-18-14(19-8-9)10-5-6-11(15)12(16)13(10)17-2/h5-6,9,14H,3-4,7-8H2,1-2H3. The molecule has 0 unspecified atom stereocenters. The minimum Gasteiger partial charge on any atom is -0.493 e. The van der Waals surface area contributed by atoms with Crippen LogP contribution in [0.15, 0.2) is 12.1 Å². The van der Waals surface area contributed by atoms with E-state index < -0.39 is 17.9 Å². The van der Waals surface area contributed by atoms with Crippen molar-refractivity contribution in [3.63, 3.8) is 0 Å². The molecule has 19 heavy (non-hydrogen) atoms. The first-order chi connectivity index (χ1) is 9.17. The van der Waals surface area contributed by atoms with Crippen molar-refractivity contribution in [1.29, 1.82) is 0 Å². The summed E-state index contributed by atoms with van der Waals surface area (Å²) in [5.41, 5.74) is 0.386. The molecule has 1 aromatic rings. The number of benzene rings is 1. The smallest absolute Gasteiger partial charge is 0.201 e. The van der Waals surface area contributed by atoms with E-state index in [9.17, 15) is 8.78 Å². The van der Waals surface area contributed by atoms with Gasteiger partial charge in [-0.1, -0.05) is 13.3 Å². The third-order valence-corrected chi connectivity index (χ3v) is 3.20. The third-order valence-electron chi connectivity index (χ3n) is 3.20. The van der Waals surface area contributed by atoms with E-state index in [1.807, 2.05) is 0 Å². The van der Waals surface area contributed by atoms with Crippen LogP contribution in [0.3, 0.4) is 0 Å². The van der Waals surface area contributed by atoms with Crippen molar-refractivity contribution in [2.24, 2.45) is 5.92 Å². The zero-order valence-corrected chi connectivity index (χ0v) is 11.1. The number of methoxy groups -OCH3 is 1. The molecule has 106 valence electrons. The molecule has 0 aliphatic carbocycles.